The molecule has 0 radical (unpaired) electrons. The average Bonchev–Trinajstić information content (AvgIpc) is 2.32. The van der Waals surface area contributed by atoms with Crippen LogP contribution in [-0.2, 0) is 4.74 Å². The lowest BCUT2D eigenvalue weighted by molar-refractivity contribution is -0.163. The van der Waals surface area contributed by atoms with Crippen molar-refractivity contribution >= 4 is 5.78 Å². The number of benzene rings is 1. The van der Waals surface area contributed by atoms with E-state index in [-0.39, 0.29) is 5.56 Å². The van der Waals surface area contributed by atoms with Gasteiger partial charge < -0.3 is 4.74 Å². The van der Waals surface area contributed by atoms with Gasteiger partial charge in [-0.1, -0.05) is 12.1 Å². The van der Waals surface area contributed by atoms with E-state index in [0.717, 1.165) is 6.07 Å². The molecular formula is C12H11F5O2. The minimum Gasteiger partial charge on any atom is -0.367 e. The van der Waals surface area contributed by atoms with E-state index in [1.54, 1.807) is 0 Å². The summed E-state index contributed by atoms with van der Waals surface area (Å²) in [5.41, 5.74) is 0.255. The van der Waals surface area contributed by atoms with Crippen molar-refractivity contribution < 1.29 is 31.5 Å². The lowest BCUT2D eigenvalue weighted by atomic mass is 10.1. The van der Waals surface area contributed by atoms with Crippen LogP contribution in [0.15, 0.2) is 18.2 Å². The third-order valence-electron chi connectivity index (χ3n) is 2.34. The number of alkyl halides is 4. The third kappa shape index (κ3) is 4.27. The maximum Gasteiger partial charge on any atom is 0.330 e. The molecule has 0 saturated heterocycles. The van der Waals surface area contributed by atoms with Gasteiger partial charge in [0, 0.05) is 5.56 Å². The topological polar surface area (TPSA) is 26.3 Å². The van der Waals surface area contributed by atoms with Crippen LogP contribution in [0.1, 0.15) is 15.9 Å². The highest BCUT2D eigenvalue weighted by Crippen LogP contribution is 2.22. The van der Waals surface area contributed by atoms with Crippen LogP contribution < -0.4 is 0 Å². The molecule has 106 valence electrons. The molecular weight excluding hydrogens is 271 g/mol. The number of halogens is 5. The fourth-order valence-electron chi connectivity index (χ4n) is 1.19. The molecule has 0 heterocycles. The quantitative estimate of drug-likeness (QED) is 0.591. The SMILES string of the molecule is Cc1ccc(C(=O)COCC(F)(F)C(F)F)cc1F. The first-order valence-corrected chi connectivity index (χ1v) is 5.27. The molecule has 0 N–H and O–H groups in total. The van der Waals surface area contributed by atoms with E-state index in [9.17, 15) is 26.7 Å². The number of aryl methyl sites for hydroxylation is 1. The van der Waals surface area contributed by atoms with Gasteiger partial charge >= 0.3 is 12.3 Å². The maximum atomic E-state index is 13.1. The largest absolute Gasteiger partial charge is 0.367 e. The molecule has 0 fully saturated rings. The van der Waals surface area contributed by atoms with Gasteiger partial charge in [0.15, 0.2) is 5.78 Å². The molecule has 19 heavy (non-hydrogen) atoms. The van der Waals surface area contributed by atoms with Crippen LogP contribution >= 0.6 is 0 Å². The highest BCUT2D eigenvalue weighted by Gasteiger charge is 2.41. The number of carbonyl (C=O) groups is 1. The number of hydrogen-bond donors (Lipinski definition) is 0. The molecule has 0 aliphatic carbocycles. The number of hydrogen-bond acceptors (Lipinski definition) is 2. The van der Waals surface area contributed by atoms with E-state index in [4.69, 9.17) is 0 Å². The highest BCUT2D eigenvalue weighted by molar-refractivity contribution is 5.97. The Labute approximate surface area is 106 Å². The Morgan fingerprint density at radius 1 is 1.37 bits per heavy atom. The fraction of sp³-hybridized carbons (Fsp3) is 0.417. The Morgan fingerprint density at radius 2 is 2.00 bits per heavy atom. The molecule has 0 aliphatic rings. The Bertz CT molecular complexity index is 459. The molecule has 1 aromatic carbocycles. The molecule has 0 aromatic heterocycles. The van der Waals surface area contributed by atoms with Gasteiger partial charge in [0.2, 0.25) is 0 Å². The minimum atomic E-state index is -4.31. The minimum absolute atomic E-state index is 0.0662. The van der Waals surface area contributed by atoms with E-state index in [2.05, 4.69) is 4.74 Å². The Hall–Kier alpha value is -1.50. The van der Waals surface area contributed by atoms with E-state index < -0.39 is 37.2 Å². The summed E-state index contributed by atoms with van der Waals surface area (Å²) in [5, 5.41) is 0. The summed E-state index contributed by atoms with van der Waals surface area (Å²) in [7, 11) is 0. The van der Waals surface area contributed by atoms with Crippen molar-refractivity contribution in [3.05, 3.63) is 35.1 Å². The summed E-state index contributed by atoms with van der Waals surface area (Å²) in [6.07, 6.45) is -3.86. The summed E-state index contributed by atoms with van der Waals surface area (Å²) in [6.45, 7) is -0.890. The van der Waals surface area contributed by atoms with Crippen LogP contribution in [0.5, 0.6) is 0 Å². The van der Waals surface area contributed by atoms with Crippen molar-refractivity contribution in [3.8, 4) is 0 Å². The molecule has 0 amide bonds. The number of Topliss-reactive ketones (excluding diaryl/α,β-unsaturated/α-hetero) is 1. The summed E-state index contributed by atoms with van der Waals surface area (Å²) >= 11 is 0. The fourth-order valence-corrected chi connectivity index (χ4v) is 1.19. The highest BCUT2D eigenvalue weighted by atomic mass is 19.3. The lowest BCUT2D eigenvalue weighted by Gasteiger charge is -2.14. The van der Waals surface area contributed by atoms with Crippen molar-refractivity contribution in [1.29, 1.82) is 0 Å². The second-order valence-electron chi connectivity index (χ2n) is 3.94. The predicted octanol–water partition coefficient (Wildman–Crippen LogP) is 3.23. The van der Waals surface area contributed by atoms with Gasteiger partial charge in [-0.2, -0.15) is 8.78 Å². The molecule has 1 rings (SSSR count). The van der Waals surface area contributed by atoms with Crippen LogP contribution in [0.2, 0.25) is 0 Å². The van der Waals surface area contributed by atoms with E-state index in [1.165, 1.54) is 19.1 Å². The third-order valence-corrected chi connectivity index (χ3v) is 2.34. The van der Waals surface area contributed by atoms with Crippen molar-refractivity contribution in [2.45, 2.75) is 19.3 Å². The second-order valence-corrected chi connectivity index (χ2v) is 3.94. The monoisotopic (exact) mass is 282 g/mol. The molecule has 0 spiro atoms. The number of rotatable bonds is 6. The van der Waals surface area contributed by atoms with E-state index >= 15 is 0 Å². The zero-order valence-corrected chi connectivity index (χ0v) is 9.93. The van der Waals surface area contributed by atoms with Gasteiger partial charge in [-0.15, -0.1) is 0 Å². The molecule has 0 atom stereocenters. The van der Waals surface area contributed by atoms with Gasteiger partial charge in [-0.05, 0) is 18.6 Å². The van der Waals surface area contributed by atoms with Crippen LogP contribution in [0.25, 0.3) is 0 Å². The first-order chi connectivity index (χ1) is 8.74. The van der Waals surface area contributed by atoms with Crippen molar-refractivity contribution in [3.63, 3.8) is 0 Å². The Kier molecular flexibility index (Phi) is 4.99. The van der Waals surface area contributed by atoms with Crippen LogP contribution in [-0.4, -0.2) is 31.3 Å². The molecule has 0 bridgehead atoms. The first-order valence-electron chi connectivity index (χ1n) is 5.27. The van der Waals surface area contributed by atoms with Gasteiger partial charge in [0.1, 0.15) is 19.0 Å². The maximum absolute atomic E-state index is 13.1. The predicted molar refractivity (Wildman–Crippen MR) is 57.2 cm³/mol. The number of ketones is 1. The molecule has 2 nitrogen and oxygen atoms in total. The normalized spacial score (nSPS) is 11.9. The lowest BCUT2D eigenvalue weighted by Crippen LogP contribution is -2.33. The molecule has 0 aliphatic heterocycles. The average molecular weight is 282 g/mol. The van der Waals surface area contributed by atoms with E-state index in [0.29, 0.717) is 5.56 Å². The Morgan fingerprint density at radius 3 is 2.53 bits per heavy atom. The van der Waals surface area contributed by atoms with Gasteiger partial charge in [0.25, 0.3) is 0 Å². The summed E-state index contributed by atoms with van der Waals surface area (Å²) in [4.78, 5) is 11.4. The van der Waals surface area contributed by atoms with Crippen LogP contribution in [0.3, 0.4) is 0 Å². The van der Waals surface area contributed by atoms with Crippen molar-refractivity contribution in [1.82, 2.24) is 0 Å². The molecule has 7 heteroatoms. The van der Waals surface area contributed by atoms with Crippen molar-refractivity contribution in [2.24, 2.45) is 0 Å². The summed E-state index contributed by atoms with van der Waals surface area (Å²) < 4.78 is 65.9. The van der Waals surface area contributed by atoms with E-state index in [1.807, 2.05) is 0 Å². The smallest absolute Gasteiger partial charge is 0.330 e. The van der Waals surface area contributed by atoms with Gasteiger partial charge in [0.05, 0.1) is 0 Å². The molecule has 1 aromatic rings. The first kappa shape index (κ1) is 15.6. The van der Waals surface area contributed by atoms with Crippen molar-refractivity contribution in [2.75, 3.05) is 13.2 Å². The zero-order chi connectivity index (χ0) is 14.6. The molecule has 0 unspecified atom stereocenters. The number of carbonyl (C=O) groups excluding carboxylic acids is 1. The van der Waals surface area contributed by atoms with Gasteiger partial charge in [-0.3, -0.25) is 4.79 Å². The summed E-state index contributed by atoms with van der Waals surface area (Å²) in [6, 6.07) is 3.58. The number of ether oxygens (including phenoxy) is 1. The second kappa shape index (κ2) is 6.10. The van der Waals surface area contributed by atoms with Gasteiger partial charge in [-0.25, -0.2) is 13.2 Å². The van der Waals surface area contributed by atoms with Crippen LogP contribution in [0, 0.1) is 12.7 Å². The summed E-state index contributed by atoms with van der Waals surface area (Å²) in [5.74, 6) is -5.69. The zero-order valence-electron chi connectivity index (χ0n) is 9.93. The standard InChI is InChI=1S/C12H11F5O2/c1-7-2-3-8(4-9(7)13)10(18)5-19-6-12(16,17)11(14)15/h2-4,11H,5-6H2,1H3. The van der Waals surface area contributed by atoms with Crippen LogP contribution in [0.4, 0.5) is 22.0 Å². The molecule has 0 saturated carbocycles. The Balaban J connectivity index is 2.54.